The molecular formula is C60H65F4N9O10S. The highest BCUT2D eigenvalue weighted by atomic mass is 32.2. The van der Waals surface area contributed by atoms with Gasteiger partial charge in [0.05, 0.1) is 51.9 Å². The van der Waals surface area contributed by atoms with Crippen LogP contribution in [0.2, 0.25) is 0 Å². The Hall–Kier alpha value is -7.25. The van der Waals surface area contributed by atoms with Gasteiger partial charge >= 0.3 is 0 Å². The number of piperazine rings is 1. The first-order valence-electron chi connectivity index (χ1n) is 28.8. The molecule has 8 heterocycles. The zero-order valence-corrected chi connectivity index (χ0v) is 47.3. The van der Waals surface area contributed by atoms with E-state index in [0.717, 1.165) is 48.4 Å². The van der Waals surface area contributed by atoms with E-state index in [-0.39, 0.29) is 104 Å². The van der Waals surface area contributed by atoms with Crippen LogP contribution in [0.4, 0.5) is 46.0 Å². The number of halogens is 4. The number of nitro groups is 1. The monoisotopic (exact) mass is 1180 g/mol. The van der Waals surface area contributed by atoms with Gasteiger partial charge in [-0.25, -0.2) is 30.7 Å². The molecule has 5 fully saturated rings. The number of fused-ring (bicyclic) bond motifs is 4. The second kappa shape index (κ2) is 22.3. The second-order valence-electron chi connectivity index (χ2n) is 23.6. The van der Waals surface area contributed by atoms with Gasteiger partial charge in [0.15, 0.2) is 28.9 Å². The van der Waals surface area contributed by atoms with Crippen molar-refractivity contribution in [2.24, 2.45) is 11.3 Å². The lowest BCUT2D eigenvalue weighted by atomic mass is 9.59. The van der Waals surface area contributed by atoms with Crippen molar-refractivity contribution in [1.82, 2.24) is 24.5 Å². The molecule has 1 aliphatic carbocycles. The number of nitrogens with zero attached hydrogens (tertiary/aromatic N) is 6. The Morgan fingerprint density at radius 3 is 2.46 bits per heavy atom. The normalized spacial score (nSPS) is 23.0. The van der Waals surface area contributed by atoms with Crippen LogP contribution in [0.15, 0.2) is 83.9 Å². The number of H-pyrrole nitrogens is 1. The van der Waals surface area contributed by atoms with Crippen molar-refractivity contribution in [2.45, 2.75) is 107 Å². The Morgan fingerprint density at radius 1 is 0.905 bits per heavy atom. The summed E-state index contributed by atoms with van der Waals surface area (Å²) in [6.07, 6.45) is 5.41. The first kappa shape index (κ1) is 55.9. The fraction of sp³-hybridized carbons (Fsp3) is 0.467. The maximum atomic E-state index is 18.5. The van der Waals surface area contributed by atoms with Crippen LogP contribution in [0.25, 0.3) is 11.0 Å². The minimum absolute atomic E-state index is 0.00407. The van der Waals surface area contributed by atoms with Crippen LogP contribution in [0, 0.1) is 44.7 Å². The Kier molecular flexibility index (Phi) is 14.8. The number of benzene rings is 4. The van der Waals surface area contributed by atoms with E-state index in [4.69, 9.17) is 28.7 Å². The van der Waals surface area contributed by atoms with Gasteiger partial charge in [-0.1, -0.05) is 24.3 Å². The zero-order valence-electron chi connectivity index (χ0n) is 46.5. The average Bonchev–Trinajstić information content (AvgIpc) is 1.17. The predicted molar refractivity (Wildman–Crippen MR) is 303 cm³/mol. The quantitative estimate of drug-likeness (QED) is 0.0559. The molecule has 0 unspecified atom stereocenters. The summed E-state index contributed by atoms with van der Waals surface area (Å²) in [4.78, 5) is 41.8. The molecule has 13 rings (SSSR count). The van der Waals surface area contributed by atoms with Gasteiger partial charge in [-0.2, -0.15) is 4.98 Å². The Bertz CT molecular complexity index is 3650. The van der Waals surface area contributed by atoms with Crippen LogP contribution in [0.5, 0.6) is 17.4 Å². The first-order valence-corrected chi connectivity index (χ1v) is 30.3. The van der Waals surface area contributed by atoms with E-state index in [2.05, 4.69) is 26.2 Å². The summed E-state index contributed by atoms with van der Waals surface area (Å²) >= 11 is 0. The fourth-order valence-electron chi connectivity index (χ4n) is 13.9. The largest absolute Gasteiger partial charge is 0.491 e. The molecule has 2 aromatic heterocycles. The van der Waals surface area contributed by atoms with Gasteiger partial charge in [0.25, 0.3) is 21.6 Å². The van der Waals surface area contributed by atoms with E-state index in [0.29, 0.717) is 81.7 Å². The van der Waals surface area contributed by atoms with E-state index in [1.807, 2.05) is 36.8 Å². The molecule has 3 N–H and O–H groups in total. The highest BCUT2D eigenvalue weighted by Gasteiger charge is 2.51. The number of hydrogen-bond acceptors (Lipinski definition) is 16. The number of amides is 1. The number of nitro benzene ring substituents is 1. The SMILES string of the molecule is CC(C)Oc1ccccc1[C@@H]1CN(Cc2ccc(F)c(F)c2)CCN1C1CC2(CCN(c3c(F)cc(C(=O)NS(=O)(=O)c4cc5c(c([N+](=O)[O-])c4)N[C@H](C4CCOCC4)CO5)c(N4c5cc6cc[nH]c6nc5O[C@H]5COCC[C@@H]54)c3F)CC2)C1. The summed E-state index contributed by atoms with van der Waals surface area (Å²) < 4.78 is 125. The highest BCUT2D eigenvalue weighted by Crippen LogP contribution is 2.55. The molecule has 1 spiro atoms. The van der Waals surface area contributed by atoms with Crippen molar-refractivity contribution in [2.75, 3.05) is 80.9 Å². The summed E-state index contributed by atoms with van der Waals surface area (Å²) in [6.45, 7) is 8.40. The smallest absolute Gasteiger partial charge is 0.297 e. The van der Waals surface area contributed by atoms with Crippen LogP contribution < -0.4 is 34.0 Å². The molecule has 1 amide bonds. The van der Waals surface area contributed by atoms with E-state index in [9.17, 15) is 32.1 Å². The number of nitrogens with one attached hydrogen (secondary N) is 3. The molecule has 0 bridgehead atoms. The number of para-hydroxylation sites is 1. The van der Waals surface area contributed by atoms with Gasteiger partial charge in [0.2, 0.25) is 5.88 Å². The molecule has 6 aliphatic heterocycles. The predicted octanol–water partition coefficient (Wildman–Crippen LogP) is 9.53. The van der Waals surface area contributed by atoms with Gasteiger partial charge in [-0.15, -0.1) is 0 Å². The second-order valence-corrected chi connectivity index (χ2v) is 25.3. The van der Waals surface area contributed by atoms with E-state index in [1.54, 1.807) is 34.2 Å². The van der Waals surface area contributed by atoms with E-state index < -0.39 is 78.1 Å². The highest BCUT2D eigenvalue weighted by molar-refractivity contribution is 7.90. The minimum Gasteiger partial charge on any atom is -0.491 e. The average molecular weight is 1180 g/mol. The molecule has 0 radical (unpaired) electrons. The minimum atomic E-state index is -5.01. The number of hydrogen-bond donors (Lipinski definition) is 3. The molecule has 6 aromatic rings. The molecule has 4 atom stereocenters. The maximum absolute atomic E-state index is 18.5. The van der Waals surface area contributed by atoms with Crippen LogP contribution in [-0.4, -0.2) is 135 Å². The van der Waals surface area contributed by atoms with Crippen molar-refractivity contribution in [3.8, 4) is 17.4 Å². The molecular weight excluding hydrogens is 1110 g/mol. The molecule has 444 valence electrons. The van der Waals surface area contributed by atoms with Crippen molar-refractivity contribution >= 4 is 55.4 Å². The van der Waals surface area contributed by atoms with Crippen LogP contribution in [0.3, 0.4) is 0 Å². The molecule has 84 heavy (non-hydrogen) atoms. The summed E-state index contributed by atoms with van der Waals surface area (Å²) in [5.41, 5.74) is 0.259. The van der Waals surface area contributed by atoms with E-state index >= 15 is 8.78 Å². The molecule has 19 nitrogen and oxygen atoms in total. The van der Waals surface area contributed by atoms with Gasteiger partial charge in [-0.05, 0) is 112 Å². The summed E-state index contributed by atoms with van der Waals surface area (Å²) in [6, 6.07) is 17.4. The number of pyridine rings is 1. The third kappa shape index (κ3) is 10.5. The third-order valence-corrected chi connectivity index (χ3v) is 19.4. The zero-order chi connectivity index (χ0) is 58.2. The number of rotatable bonds is 13. The number of aromatic nitrogens is 2. The van der Waals surface area contributed by atoms with Crippen LogP contribution in [-0.2, 0) is 26.0 Å². The number of aromatic amines is 1. The molecule has 4 aromatic carbocycles. The van der Waals surface area contributed by atoms with Gasteiger partial charge in [0.1, 0.15) is 41.3 Å². The van der Waals surface area contributed by atoms with Crippen LogP contribution >= 0.6 is 0 Å². The number of sulfonamides is 1. The molecule has 7 aliphatic rings. The number of piperidine rings is 1. The van der Waals surface area contributed by atoms with Gasteiger partial charge < -0.3 is 43.8 Å². The van der Waals surface area contributed by atoms with Crippen molar-refractivity contribution < 1.29 is 59.4 Å². The Labute approximate surface area is 482 Å². The van der Waals surface area contributed by atoms with Gasteiger partial charge in [0, 0.05) is 94.4 Å². The molecule has 24 heteroatoms. The Morgan fingerprint density at radius 2 is 1.69 bits per heavy atom. The van der Waals surface area contributed by atoms with Gasteiger partial charge in [-0.3, -0.25) is 24.7 Å². The summed E-state index contributed by atoms with van der Waals surface area (Å²) in [5, 5.41) is 16.4. The first-order chi connectivity index (χ1) is 40.5. The number of anilines is 4. The third-order valence-electron chi connectivity index (χ3n) is 18.1. The summed E-state index contributed by atoms with van der Waals surface area (Å²) in [5.74, 6) is -4.51. The van der Waals surface area contributed by atoms with E-state index in [1.165, 1.54) is 6.07 Å². The van der Waals surface area contributed by atoms with Crippen LogP contribution in [0.1, 0.15) is 86.3 Å². The lowest BCUT2D eigenvalue weighted by molar-refractivity contribution is -0.384. The molecule has 1 saturated carbocycles. The van der Waals surface area contributed by atoms with Crippen molar-refractivity contribution in [1.29, 1.82) is 0 Å². The number of carbonyl (C=O) groups excluding carboxylic acids is 1. The summed E-state index contributed by atoms with van der Waals surface area (Å²) in [7, 11) is -5.01. The maximum Gasteiger partial charge on any atom is 0.297 e. The standard InChI is InChI=1S/C60H65F4N9O10S/c1-34(2)82-50-6-4-3-5-40(50)49-31-69(30-35-7-8-42(61)43(62)23-35)18-19-71(49)38-28-60(29-38)13-16-70(17-14-60)56-44(63)27-41(55(53(56)64)72-46-12-22-80-33-52(46)83-59-48(72)24-37-9-15-65-57(37)67-59)58(74)68-84(77,78)39-25-47(73(75)76)54-51(26-39)81-32-45(66-54)36-10-20-79-21-11-36/h3-9,15,23-27,34,36,38,45-46,49,52,66H,10-14,16-22,28-33H2,1-2H3,(H,65,67)(H,68,74)/t45-,46-,49-,52-/m0/s1. The topological polar surface area (TPSA) is 206 Å². The fourth-order valence-corrected chi connectivity index (χ4v) is 14.9. The number of ether oxygens (including phenoxy) is 5. The molecule has 4 saturated heterocycles. The Balaban J connectivity index is 0.798. The van der Waals surface area contributed by atoms with Crippen molar-refractivity contribution in [3.05, 3.63) is 129 Å². The lowest BCUT2D eigenvalue weighted by Gasteiger charge is -2.58. The van der Waals surface area contributed by atoms with Crippen molar-refractivity contribution in [3.63, 3.8) is 0 Å². The number of carbonyl (C=O) groups is 1. The lowest BCUT2D eigenvalue weighted by Crippen LogP contribution is -2.60.